The van der Waals surface area contributed by atoms with Crippen LogP contribution in [0.1, 0.15) is 11.3 Å². The quantitative estimate of drug-likeness (QED) is 0.647. The molecule has 0 radical (unpaired) electrons. The number of hydrogen-bond donors (Lipinski definition) is 1. The van der Waals surface area contributed by atoms with Crippen molar-refractivity contribution in [2.24, 2.45) is 0 Å². The summed E-state index contributed by atoms with van der Waals surface area (Å²) in [5, 5.41) is 2.47. The lowest BCUT2D eigenvalue weighted by atomic mass is 10.0. The zero-order valence-corrected chi connectivity index (χ0v) is 13.9. The number of nitrogens with one attached hydrogen (secondary N) is 1. The van der Waals surface area contributed by atoms with Crippen LogP contribution in [-0.2, 0) is 20.7 Å². The first-order chi connectivity index (χ1) is 10.2. The van der Waals surface area contributed by atoms with Crippen LogP contribution in [-0.4, -0.2) is 30.5 Å². The highest BCUT2D eigenvalue weighted by Crippen LogP contribution is 2.27. The molecule has 0 aliphatic carbocycles. The van der Waals surface area contributed by atoms with Gasteiger partial charge >= 0.3 is 5.97 Å². The summed E-state index contributed by atoms with van der Waals surface area (Å²) in [4.78, 5) is 27.5. The van der Waals surface area contributed by atoms with Gasteiger partial charge in [0.15, 0.2) is 0 Å². The van der Waals surface area contributed by atoms with E-state index in [-0.39, 0.29) is 12.4 Å². The first-order valence-electron chi connectivity index (χ1n) is 6.42. The number of carbonyl (C=O) groups is 2. The van der Waals surface area contributed by atoms with Crippen LogP contribution in [0.3, 0.4) is 0 Å². The second-order valence-corrected chi connectivity index (χ2v) is 5.38. The van der Waals surface area contributed by atoms with Crippen molar-refractivity contribution in [3.63, 3.8) is 0 Å². The van der Waals surface area contributed by atoms with Crippen molar-refractivity contribution < 1.29 is 14.3 Å². The second kappa shape index (κ2) is 8.51. The van der Waals surface area contributed by atoms with E-state index in [0.29, 0.717) is 12.8 Å². The van der Waals surface area contributed by atoms with E-state index in [9.17, 15) is 9.59 Å². The Bertz CT molecular complexity index is 628. The van der Waals surface area contributed by atoms with Gasteiger partial charge < -0.3 is 10.1 Å². The molecule has 0 aliphatic rings. The Morgan fingerprint density at radius 1 is 1.41 bits per heavy atom. The zero-order valence-electron chi connectivity index (χ0n) is 12.2. The largest absolute Gasteiger partial charge is 0.467 e. The summed E-state index contributed by atoms with van der Waals surface area (Å²) in [7, 11) is 1.30. The van der Waals surface area contributed by atoms with Crippen LogP contribution in [0.25, 0.3) is 10.4 Å². The van der Waals surface area contributed by atoms with E-state index < -0.39 is 12.0 Å². The minimum absolute atomic E-state index is 0. The molecule has 118 valence electrons. The lowest BCUT2D eigenvalue weighted by molar-refractivity contribution is -0.144. The maximum atomic E-state index is 11.6. The van der Waals surface area contributed by atoms with Crippen molar-refractivity contribution in [2.75, 3.05) is 7.11 Å². The highest BCUT2D eigenvalue weighted by molar-refractivity contribution is 7.13. The molecule has 1 heterocycles. The zero-order chi connectivity index (χ0) is 15.2. The molecule has 1 amide bonds. The van der Waals surface area contributed by atoms with Gasteiger partial charge in [-0.3, -0.25) is 4.79 Å². The number of benzene rings is 1. The number of methoxy groups -OCH3 is 1. The third-order valence-corrected chi connectivity index (χ3v) is 4.13. The van der Waals surface area contributed by atoms with Gasteiger partial charge in [0, 0.05) is 6.42 Å². The number of hydrogen-bond acceptors (Lipinski definition) is 5. The molecule has 0 fully saturated rings. The molecule has 2 aromatic rings. The molecule has 5 nitrogen and oxygen atoms in total. The van der Waals surface area contributed by atoms with Crippen LogP contribution < -0.4 is 5.32 Å². The summed E-state index contributed by atoms with van der Waals surface area (Å²) >= 11 is 1.60. The van der Waals surface area contributed by atoms with E-state index in [2.05, 4.69) is 15.0 Å². The van der Waals surface area contributed by atoms with E-state index in [1.807, 2.05) is 36.7 Å². The molecule has 1 atom stereocenters. The highest BCUT2D eigenvalue weighted by atomic mass is 35.5. The third kappa shape index (κ3) is 4.29. The van der Waals surface area contributed by atoms with Crippen LogP contribution >= 0.6 is 23.7 Å². The van der Waals surface area contributed by atoms with Crippen LogP contribution in [0.15, 0.2) is 29.8 Å². The van der Waals surface area contributed by atoms with E-state index >= 15 is 0 Å². The summed E-state index contributed by atoms with van der Waals surface area (Å²) in [6, 6.07) is 7.20. The maximum absolute atomic E-state index is 11.6. The van der Waals surface area contributed by atoms with Crippen molar-refractivity contribution >= 4 is 36.1 Å². The average molecular weight is 341 g/mol. The number of ether oxygens (including phenoxy) is 1. The molecule has 1 aromatic heterocycles. The molecule has 0 saturated heterocycles. The molecular weight excluding hydrogens is 324 g/mol. The Hall–Kier alpha value is -1.92. The number of aromatic nitrogens is 1. The van der Waals surface area contributed by atoms with E-state index in [1.165, 1.54) is 7.11 Å². The van der Waals surface area contributed by atoms with Crippen LogP contribution in [0.5, 0.6) is 0 Å². The number of amides is 1. The monoisotopic (exact) mass is 340 g/mol. The van der Waals surface area contributed by atoms with Crippen LogP contribution in [0.4, 0.5) is 0 Å². The Kier molecular flexibility index (Phi) is 7.01. The average Bonchev–Trinajstić information content (AvgIpc) is 2.93. The maximum Gasteiger partial charge on any atom is 0.328 e. The molecule has 1 unspecified atom stereocenters. The van der Waals surface area contributed by atoms with Crippen molar-refractivity contribution in [2.45, 2.75) is 19.4 Å². The standard InChI is InChI=1S/C15H16N2O3S.ClH/c1-10-14(21-9-17-10)12-5-3-11(4-6-12)7-13(16-8-18)15(19)20-2;/h3-6,8-9,13H,7H2,1-2H3,(H,16,18);1H. The Morgan fingerprint density at radius 2 is 2.09 bits per heavy atom. The Labute approximate surface area is 139 Å². The minimum atomic E-state index is -0.663. The van der Waals surface area contributed by atoms with Gasteiger partial charge in [0.2, 0.25) is 6.41 Å². The van der Waals surface area contributed by atoms with Gasteiger partial charge in [0.05, 0.1) is 23.2 Å². The summed E-state index contributed by atoms with van der Waals surface area (Å²) in [5.41, 5.74) is 4.87. The SMILES string of the molecule is COC(=O)C(Cc1ccc(-c2scnc2C)cc1)NC=O.Cl. The predicted octanol–water partition coefficient (Wildman–Crippen LogP) is 2.37. The molecule has 1 aromatic carbocycles. The van der Waals surface area contributed by atoms with Gasteiger partial charge in [-0.2, -0.15) is 0 Å². The van der Waals surface area contributed by atoms with Crippen molar-refractivity contribution in [1.29, 1.82) is 0 Å². The number of esters is 1. The number of halogens is 1. The molecular formula is C15H17ClN2O3S. The number of thiazole rings is 1. The van der Waals surface area contributed by atoms with E-state index in [0.717, 1.165) is 21.7 Å². The van der Waals surface area contributed by atoms with Gasteiger partial charge in [-0.05, 0) is 18.1 Å². The highest BCUT2D eigenvalue weighted by Gasteiger charge is 2.18. The molecule has 7 heteroatoms. The predicted molar refractivity (Wildman–Crippen MR) is 88.2 cm³/mol. The molecule has 0 aliphatic heterocycles. The third-order valence-electron chi connectivity index (χ3n) is 3.16. The topological polar surface area (TPSA) is 68.3 Å². The van der Waals surface area contributed by atoms with Gasteiger partial charge in [0.25, 0.3) is 0 Å². The van der Waals surface area contributed by atoms with Crippen molar-refractivity contribution in [3.05, 3.63) is 41.0 Å². The fourth-order valence-electron chi connectivity index (χ4n) is 2.04. The Morgan fingerprint density at radius 3 is 2.59 bits per heavy atom. The number of carbonyl (C=O) groups excluding carboxylic acids is 2. The van der Waals surface area contributed by atoms with Crippen LogP contribution in [0.2, 0.25) is 0 Å². The minimum Gasteiger partial charge on any atom is -0.467 e. The summed E-state index contributed by atoms with van der Waals surface area (Å²) < 4.78 is 4.67. The lowest BCUT2D eigenvalue weighted by Crippen LogP contribution is -2.38. The van der Waals surface area contributed by atoms with E-state index in [4.69, 9.17) is 0 Å². The molecule has 0 bridgehead atoms. The molecule has 0 spiro atoms. The van der Waals surface area contributed by atoms with Crippen molar-refractivity contribution in [1.82, 2.24) is 10.3 Å². The lowest BCUT2D eigenvalue weighted by Gasteiger charge is -2.13. The van der Waals surface area contributed by atoms with Gasteiger partial charge in [-0.15, -0.1) is 23.7 Å². The summed E-state index contributed by atoms with van der Waals surface area (Å²) in [6.45, 7) is 1.97. The van der Waals surface area contributed by atoms with Crippen LogP contribution in [0, 0.1) is 6.92 Å². The fraction of sp³-hybridized carbons (Fsp3) is 0.267. The molecule has 0 saturated carbocycles. The van der Waals surface area contributed by atoms with Gasteiger partial charge in [0.1, 0.15) is 6.04 Å². The molecule has 2 rings (SSSR count). The second-order valence-electron chi connectivity index (χ2n) is 4.53. The number of nitrogens with zero attached hydrogens (tertiary/aromatic N) is 1. The summed E-state index contributed by atoms with van der Waals surface area (Å²) in [6.07, 6.45) is 0.907. The number of aryl methyl sites for hydroxylation is 1. The number of rotatable bonds is 6. The van der Waals surface area contributed by atoms with Gasteiger partial charge in [-0.1, -0.05) is 24.3 Å². The fourth-order valence-corrected chi connectivity index (χ4v) is 2.85. The van der Waals surface area contributed by atoms with E-state index in [1.54, 1.807) is 11.3 Å². The van der Waals surface area contributed by atoms with Gasteiger partial charge in [-0.25, -0.2) is 9.78 Å². The normalized spacial score (nSPS) is 11.2. The summed E-state index contributed by atoms with van der Waals surface area (Å²) in [5.74, 6) is -0.454. The van der Waals surface area contributed by atoms with Crippen molar-refractivity contribution in [3.8, 4) is 10.4 Å². The Balaban J connectivity index is 0.00000242. The first-order valence-corrected chi connectivity index (χ1v) is 7.30. The smallest absolute Gasteiger partial charge is 0.328 e. The molecule has 1 N–H and O–H groups in total. The molecule has 22 heavy (non-hydrogen) atoms. The first kappa shape index (κ1) is 18.1.